The third kappa shape index (κ3) is 4.57. The number of amides is 2. The van der Waals surface area contributed by atoms with Crippen molar-refractivity contribution in [2.45, 2.75) is 33.2 Å². The van der Waals surface area contributed by atoms with Crippen molar-refractivity contribution in [1.82, 2.24) is 10.6 Å². The molecule has 0 radical (unpaired) electrons. The predicted octanol–water partition coefficient (Wildman–Crippen LogP) is 1.64. The van der Waals surface area contributed by atoms with E-state index in [0.717, 1.165) is 12.0 Å². The first-order valence-electron chi connectivity index (χ1n) is 6.17. The lowest BCUT2D eigenvalue weighted by Crippen LogP contribution is -2.40. The van der Waals surface area contributed by atoms with Gasteiger partial charge in [-0.15, -0.1) is 0 Å². The highest BCUT2D eigenvalue weighted by atomic mass is 16.2. The Bertz CT molecular complexity index is 430. The molecule has 0 aromatic heterocycles. The van der Waals surface area contributed by atoms with Gasteiger partial charge in [-0.25, -0.2) is 0 Å². The Morgan fingerprint density at radius 1 is 1.33 bits per heavy atom. The molecular formula is C14H20N2O2. The number of benzene rings is 1. The first-order chi connectivity index (χ1) is 8.52. The summed E-state index contributed by atoms with van der Waals surface area (Å²) in [6, 6.07) is 7.40. The highest BCUT2D eigenvalue weighted by Crippen LogP contribution is 2.03. The minimum Gasteiger partial charge on any atom is -0.352 e. The lowest BCUT2D eigenvalue weighted by atomic mass is 10.1. The van der Waals surface area contributed by atoms with E-state index in [9.17, 15) is 9.59 Å². The lowest BCUT2D eigenvalue weighted by molar-refractivity contribution is -0.120. The fraction of sp³-hybridized carbons (Fsp3) is 0.429. The molecule has 0 fully saturated rings. The molecule has 0 unspecified atom stereocenters. The number of nitrogens with one attached hydrogen (secondary N) is 2. The van der Waals surface area contributed by atoms with Crippen LogP contribution in [0.25, 0.3) is 0 Å². The van der Waals surface area contributed by atoms with Crippen molar-refractivity contribution in [3.05, 3.63) is 35.4 Å². The van der Waals surface area contributed by atoms with Gasteiger partial charge in [-0.2, -0.15) is 0 Å². The minimum absolute atomic E-state index is 0.0110. The van der Waals surface area contributed by atoms with E-state index in [4.69, 9.17) is 0 Å². The van der Waals surface area contributed by atoms with Gasteiger partial charge in [0.2, 0.25) is 5.91 Å². The molecule has 2 N–H and O–H groups in total. The maximum absolute atomic E-state index is 11.8. The van der Waals surface area contributed by atoms with Crippen LogP contribution in [0.2, 0.25) is 0 Å². The van der Waals surface area contributed by atoms with Crippen molar-refractivity contribution in [2.24, 2.45) is 0 Å². The van der Waals surface area contributed by atoms with Crippen LogP contribution in [0.1, 0.15) is 36.2 Å². The van der Waals surface area contributed by atoms with Crippen molar-refractivity contribution >= 4 is 11.8 Å². The molecule has 0 spiro atoms. The fourth-order valence-corrected chi connectivity index (χ4v) is 1.48. The van der Waals surface area contributed by atoms with Crippen molar-refractivity contribution in [1.29, 1.82) is 0 Å². The zero-order valence-corrected chi connectivity index (χ0v) is 11.1. The molecule has 4 nitrogen and oxygen atoms in total. The summed E-state index contributed by atoms with van der Waals surface area (Å²) in [5.74, 6) is -0.386. The summed E-state index contributed by atoms with van der Waals surface area (Å²) in [5.41, 5.74) is 1.60. The summed E-state index contributed by atoms with van der Waals surface area (Å²) in [5, 5.41) is 5.40. The van der Waals surface area contributed by atoms with Crippen LogP contribution < -0.4 is 10.6 Å². The predicted molar refractivity (Wildman–Crippen MR) is 71.4 cm³/mol. The SMILES string of the molecule is CC[C@@H](C)NC(=O)CNC(=O)c1cccc(C)c1. The smallest absolute Gasteiger partial charge is 0.251 e. The van der Waals surface area contributed by atoms with Crippen LogP contribution in [0.4, 0.5) is 0 Å². The number of carbonyl (C=O) groups excluding carboxylic acids is 2. The third-order valence-electron chi connectivity index (χ3n) is 2.71. The van der Waals surface area contributed by atoms with Crippen LogP contribution >= 0.6 is 0 Å². The number of aryl methyl sites for hydroxylation is 1. The van der Waals surface area contributed by atoms with Crippen molar-refractivity contribution < 1.29 is 9.59 Å². The molecular weight excluding hydrogens is 228 g/mol. The number of hydrogen-bond donors (Lipinski definition) is 2. The van der Waals surface area contributed by atoms with Crippen LogP contribution in [0.3, 0.4) is 0 Å². The molecule has 4 heteroatoms. The standard InChI is InChI=1S/C14H20N2O2/c1-4-11(3)16-13(17)9-15-14(18)12-7-5-6-10(2)8-12/h5-8,11H,4,9H2,1-3H3,(H,15,18)(H,16,17)/t11-/m1/s1. The Labute approximate surface area is 108 Å². The second kappa shape index (κ2) is 6.79. The Balaban J connectivity index is 2.44. The first kappa shape index (κ1) is 14.2. The summed E-state index contributed by atoms with van der Waals surface area (Å²) in [6.45, 7) is 5.86. The van der Waals surface area contributed by atoms with Crippen LogP contribution in [0.5, 0.6) is 0 Å². The van der Waals surface area contributed by atoms with Gasteiger partial charge in [-0.3, -0.25) is 9.59 Å². The van der Waals surface area contributed by atoms with Gasteiger partial charge in [-0.05, 0) is 32.4 Å². The molecule has 1 rings (SSSR count). The molecule has 98 valence electrons. The lowest BCUT2D eigenvalue weighted by Gasteiger charge is -2.11. The van der Waals surface area contributed by atoms with E-state index in [-0.39, 0.29) is 24.4 Å². The number of hydrogen-bond acceptors (Lipinski definition) is 2. The zero-order valence-electron chi connectivity index (χ0n) is 11.1. The summed E-state index contributed by atoms with van der Waals surface area (Å²) >= 11 is 0. The molecule has 0 aliphatic rings. The highest BCUT2D eigenvalue weighted by Gasteiger charge is 2.09. The van der Waals surface area contributed by atoms with Crippen molar-refractivity contribution in [3.8, 4) is 0 Å². The Morgan fingerprint density at radius 2 is 2.06 bits per heavy atom. The summed E-state index contributed by atoms with van der Waals surface area (Å²) in [4.78, 5) is 23.3. The van der Waals surface area contributed by atoms with Gasteiger partial charge in [0.1, 0.15) is 0 Å². The second-order valence-corrected chi connectivity index (χ2v) is 4.43. The molecule has 0 aliphatic heterocycles. The van der Waals surface area contributed by atoms with Crippen molar-refractivity contribution in [2.75, 3.05) is 6.54 Å². The zero-order chi connectivity index (χ0) is 13.5. The van der Waals surface area contributed by atoms with Gasteiger partial charge < -0.3 is 10.6 Å². The molecule has 2 amide bonds. The highest BCUT2D eigenvalue weighted by molar-refractivity contribution is 5.96. The Kier molecular flexibility index (Phi) is 5.36. The monoisotopic (exact) mass is 248 g/mol. The van der Waals surface area contributed by atoms with Crippen molar-refractivity contribution in [3.63, 3.8) is 0 Å². The maximum Gasteiger partial charge on any atom is 0.251 e. The van der Waals surface area contributed by atoms with Crippen LogP contribution in [0.15, 0.2) is 24.3 Å². The largest absolute Gasteiger partial charge is 0.352 e. The van der Waals surface area contributed by atoms with Gasteiger partial charge in [0.05, 0.1) is 6.54 Å². The summed E-state index contributed by atoms with van der Waals surface area (Å²) < 4.78 is 0. The molecule has 0 bridgehead atoms. The van der Waals surface area contributed by atoms with E-state index in [0.29, 0.717) is 5.56 Å². The molecule has 0 saturated heterocycles. The average molecular weight is 248 g/mol. The van der Waals surface area contributed by atoms with Gasteiger partial charge in [0.15, 0.2) is 0 Å². The normalized spacial score (nSPS) is 11.7. The van der Waals surface area contributed by atoms with Gasteiger partial charge in [0.25, 0.3) is 5.91 Å². The quantitative estimate of drug-likeness (QED) is 0.832. The molecule has 1 aromatic carbocycles. The van der Waals surface area contributed by atoms with E-state index < -0.39 is 0 Å². The Hall–Kier alpha value is -1.84. The van der Waals surface area contributed by atoms with E-state index in [1.165, 1.54) is 0 Å². The molecule has 0 heterocycles. The van der Waals surface area contributed by atoms with Crippen LogP contribution in [0, 0.1) is 6.92 Å². The maximum atomic E-state index is 11.8. The van der Waals surface area contributed by atoms with Crippen LogP contribution in [-0.2, 0) is 4.79 Å². The average Bonchev–Trinajstić information content (AvgIpc) is 2.35. The molecule has 1 aromatic rings. The van der Waals surface area contributed by atoms with E-state index >= 15 is 0 Å². The number of carbonyl (C=O) groups is 2. The summed E-state index contributed by atoms with van der Waals surface area (Å²) in [6.07, 6.45) is 0.873. The second-order valence-electron chi connectivity index (χ2n) is 4.43. The third-order valence-corrected chi connectivity index (χ3v) is 2.71. The molecule has 0 saturated carbocycles. The van der Waals surface area contributed by atoms with Gasteiger partial charge in [0, 0.05) is 11.6 Å². The van der Waals surface area contributed by atoms with E-state index in [1.807, 2.05) is 32.9 Å². The Morgan fingerprint density at radius 3 is 2.67 bits per heavy atom. The first-order valence-corrected chi connectivity index (χ1v) is 6.17. The van der Waals surface area contributed by atoms with Gasteiger partial charge >= 0.3 is 0 Å². The van der Waals surface area contributed by atoms with Gasteiger partial charge in [-0.1, -0.05) is 24.6 Å². The fourth-order valence-electron chi connectivity index (χ4n) is 1.48. The summed E-state index contributed by atoms with van der Waals surface area (Å²) in [7, 11) is 0. The molecule has 1 atom stereocenters. The van der Waals surface area contributed by atoms with E-state index in [1.54, 1.807) is 12.1 Å². The molecule has 0 aliphatic carbocycles. The molecule has 18 heavy (non-hydrogen) atoms. The topological polar surface area (TPSA) is 58.2 Å². The number of rotatable bonds is 5. The minimum atomic E-state index is -0.224. The van der Waals surface area contributed by atoms with E-state index in [2.05, 4.69) is 10.6 Å². The van der Waals surface area contributed by atoms with Crippen LogP contribution in [-0.4, -0.2) is 24.4 Å².